The van der Waals surface area contributed by atoms with Crippen LogP contribution in [0.1, 0.15) is 10.4 Å². The van der Waals surface area contributed by atoms with Crippen molar-refractivity contribution in [1.29, 1.82) is 0 Å². The lowest BCUT2D eigenvalue weighted by Gasteiger charge is -2.44. The van der Waals surface area contributed by atoms with Gasteiger partial charge in [-0.2, -0.15) is 25.3 Å². The van der Waals surface area contributed by atoms with Gasteiger partial charge in [-0.25, -0.2) is 0 Å². The zero-order valence-corrected chi connectivity index (χ0v) is 20.6. The number of carbonyl (C=O) groups is 1. The molecule has 1 aliphatic heterocycles. The number of benzene rings is 1. The predicted octanol–water partition coefficient (Wildman–Crippen LogP) is -1.18. The first-order valence-electron chi connectivity index (χ1n) is 9.25. The van der Waals surface area contributed by atoms with E-state index >= 15 is 0 Å². The number of hydrogen-bond acceptors (Lipinski definition) is 12. The van der Waals surface area contributed by atoms with Crippen LogP contribution in [0.25, 0.3) is 0 Å². The summed E-state index contributed by atoms with van der Waals surface area (Å²) in [6, 6.07) is 6.45. The predicted molar refractivity (Wildman–Crippen MR) is 114 cm³/mol. The van der Waals surface area contributed by atoms with Crippen LogP contribution >= 0.6 is 0 Å². The molecule has 0 spiro atoms. The Bertz CT molecular complexity index is 1130. The zero-order valence-electron chi connectivity index (χ0n) is 18.1. The molecule has 0 bridgehead atoms. The molecular weight excluding hydrogens is 506 g/mol. The highest BCUT2D eigenvalue weighted by Crippen LogP contribution is 2.29. The second-order valence-electron chi connectivity index (χ2n) is 7.16. The number of ether oxygens (including phenoxy) is 2. The van der Waals surface area contributed by atoms with Gasteiger partial charge >= 0.3 is 0 Å². The van der Waals surface area contributed by atoms with Crippen LogP contribution in [0.15, 0.2) is 30.3 Å². The molecule has 1 fully saturated rings. The van der Waals surface area contributed by atoms with E-state index in [0.29, 0.717) is 12.5 Å². The summed E-state index contributed by atoms with van der Waals surface area (Å²) in [5.41, 5.74) is 0.202. The molecule has 16 heteroatoms. The standard InChI is InChI=1S/C17H25NO12S3/c1-26-17-13(18-16(19)11-8-6-5-7-9-11)15(30-33(4,24)25)14(29-32(3,22)23)12(28-17)10-27-31(2,20)21/h5-9,12-15,17H,10H2,1-4H3,(H,18,19)/t12-,13+,14-,15-,17-/m1/s1. The fourth-order valence-corrected chi connectivity index (χ4v) is 4.69. The molecule has 0 unspecified atom stereocenters. The number of hydrogen-bond donors (Lipinski definition) is 1. The molecule has 1 aromatic rings. The fraction of sp³-hybridized carbons (Fsp3) is 0.588. The quantitative estimate of drug-likeness (QED) is 0.358. The van der Waals surface area contributed by atoms with Gasteiger partial charge in [0.2, 0.25) is 0 Å². The van der Waals surface area contributed by atoms with Gasteiger partial charge in [-0.15, -0.1) is 0 Å². The van der Waals surface area contributed by atoms with Crippen LogP contribution in [-0.2, 0) is 52.4 Å². The monoisotopic (exact) mass is 531 g/mol. The van der Waals surface area contributed by atoms with E-state index in [0.717, 1.165) is 6.26 Å². The van der Waals surface area contributed by atoms with Crippen molar-refractivity contribution in [3.63, 3.8) is 0 Å². The third-order valence-electron chi connectivity index (χ3n) is 4.23. The lowest BCUT2D eigenvalue weighted by Crippen LogP contribution is -2.66. The summed E-state index contributed by atoms with van der Waals surface area (Å²) in [5, 5.41) is 2.51. The number of nitrogens with one attached hydrogen (secondary N) is 1. The van der Waals surface area contributed by atoms with Gasteiger partial charge in [0.1, 0.15) is 24.4 Å². The van der Waals surface area contributed by atoms with Gasteiger partial charge in [-0.05, 0) is 12.1 Å². The van der Waals surface area contributed by atoms with Gasteiger partial charge in [0.05, 0.1) is 25.4 Å². The molecule has 1 heterocycles. The summed E-state index contributed by atoms with van der Waals surface area (Å²) in [5.74, 6) is -0.669. The molecule has 0 aromatic heterocycles. The van der Waals surface area contributed by atoms with Crippen LogP contribution in [0, 0.1) is 0 Å². The largest absolute Gasteiger partial charge is 0.354 e. The molecule has 1 aliphatic rings. The van der Waals surface area contributed by atoms with E-state index in [2.05, 4.69) is 5.32 Å². The molecule has 1 aromatic carbocycles. The zero-order chi connectivity index (χ0) is 25.0. The summed E-state index contributed by atoms with van der Waals surface area (Å²) in [7, 11) is -11.3. The highest BCUT2D eigenvalue weighted by atomic mass is 32.2. The Balaban J connectivity index is 2.50. The number of amides is 1. The first kappa shape index (κ1) is 27.6. The molecule has 2 rings (SSSR count). The van der Waals surface area contributed by atoms with Gasteiger partial charge < -0.3 is 14.8 Å². The lowest BCUT2D eigenvalue weighted by atomic mass is 9.96. The molecule has 188 valence electrons. The normalized spacial score (nSPS) is 26.6. The maximum Gasteiger partial charge on any atom is 0.264 e. The third kappa shape index (κ3) is 8.90. The molecular formula is C17H25NO12S3. The van der Waals surface area contributed by atoms with Gasteiger partial charge in [0.25, 0.3) is 36.3 Å². The van der Waals surface area contributed by atoms with E-state index < -0.39 is 73.5 Å². The summed E-state index contributed by atoms with van der Waals surface area (Å²) < 4.78 is 96.2. The summed E-state index contributed by atoms with van der Waals surface area (Å²) in [6.45, 7) is -0.748. The summed E-state index contributed by atoms with van der Waals surface area (Å²) in [6.07, 6.45) is -4.14. The van der Waals surface area contributed by atoms with E-state index in [1.165, 1.54) is 19.2 Å². The SMILES string of the molecule is CO[C@@H]1O[C@H](COS(C)(=O)=O)[C@@H](OS(C)(=O)=O)[C@H](OS(C)(=O)=O)[C@@H]1NC(=O)c1ccccc1. The van der Waals surface area contributed by atoms with Crippen molar-refractivity contribution in [2.45, 2.75) is 30.6 Å². The Hall–Kier alpha value is -1.66. The minimum atomic E-state index is -4.24. The Morgan fingerprint density at radius 1 is 0.909 bits per heavy atom. The second-order valence-corrected chi connectivity index (χ2v) is 12.0. The van der Waals surface area contributed by atoms with Crippen molar-refractivity contribution >= 4 is 36.3 Å². The van der Waals surface area contributed by atoms with Crippen LogP contribution in [0.4, 0.5) is 0 Å². The maximum atomic E-state index is 12.7. The number of rotatable bonds is 10. The Kier molecular flexibility index (Phi) is 8.97. The third-order valence-corrected chi connectivity index (χ3v) is 5.94. The summed E-state index contributed by atoms with van der Waals surface area (Å²) >= 11 is 0. The fourth-order valence-electron chi connectivity index (χ4n) is 3.04. The molecule has 13 nitrogen and oxygen atoms in total. The van der Waals surface area contributed by atoms with Crippen molar-refractivity contribution in [2.75, 3.05) is 32.5 Å². The van der Waals surface area contributed by atoms with E-state index in [-0.39, 0.29) is 5.56 Å². The maximum absolute atomic E-state index is 12.7. The average molecular weight is 532 g/mol. The van der Waals surface area contributed by atoms with Crippen LogP contribution in [0.2, 0.25) is 0 Å². The van der Waals surface area contributed by atoms with E-state index in [4.69, 9.17) is 22.0 Å². The second kappa shape index (κ2) is 10.7. The van der Waals surface area contributed by atoms with E-state index in [9.17, 15) is 30.0 Å². The van der Waals surface area contributed by atoms with Crippen molar-refractivity contribution in [1.82, 2.24) is 5.32 Å². The number of carbonyl (C=O) groups excluding carboxylic acids is 1. The smallest absolute Gasteiger partial charge is 0.264 e. The molecule has 0 radical (unpaired) electrons. The molecule has 33 heavy (non-hydrogen) atoms. The average Bonchev–Trinajstić information content (AvgIpc) is 2.67. The first-order chi connectivity index (χ1) is 15.1. The minimum Gasteiger partial charge on any atom is -0.354 e. The van der Waals surface area contributed by atoms with Gasteiger partial charge in [0.15, 0.2) is 6.29 Å². The molecule has 5 atom stereocenters. The van der Waals surface area contributed by atoms with Crippen LogP contribution < -0.4 is 5.32 Å². The van der Waals surface area contributed by atoms with Crippen molar-refractivity contribution in [3.8, 4) is 0 Å². The summed E-state index contributed by atoms with van der Waals surface area (Å²) in [4.78, 5) is 12.7. The minimum absolute atomic E-state index is 0.202. The lowest BCUT2D eigenvalue weighted by molar-refractivity contribution is -0.249. The van der Waals surface area contributed by atoms with Crippen LogP contribution in [-0.4, -0.2) is 94.3 Å². The Morgan fingerprint density at radius 3 is 1.94 bits per heavy atom. The van der Waals surface area contributed by atoms with E-state index in [1.807, 2.05) is 0 Å². The highest BCUT2D eigenvalue weighted by molar-refractivity contribution is 7.86. The van der Waals surface area contributed by atoms with Gasteiger partial charge in [-0.1, -0.05) is 18.2 Å². The molecule has 1 saturated heterocycles. The Morgan fingerprint density at radius 2 is 1.45 bits per heavy atom. The topological polar surface area (TPSA) is 178 Å². The number of methoxy groups -OCH3 is 1. The molecule has 0 saturated carbocycles. The highest BCUT2D eigenvalue weighted by Gasteiger charge is 2.51. The molecule has 0 aliphatic carbocycles. The Labute approximate surface area is 192 Å². The van der Waals surface area contributed by atoms with Crippen LogP contribution in [0.3, 0.4) is 0 Å². The van der Waals surface area contributed by atoms with Crippen molar-refractivity contribution in [2.24, 2.45) is 0 Å². The van der Waals surface area contributed by atoms with Gasteiger partial charge in [0, 0.05) is 12.7 Å². The molecule has 1 N–H and O–H groups in total. The van der Waals surface area contributed by atoms with Gasteiger partial charge in [-0.3, -0.25) is 17.3 Å². The molecule has 1 amide bonds. The van der Waals surface area contributed by atoms with Crippen molar-refractivity contribution < 1.29 is 52.1 Å². The van der Waals surface area contributed by atoms with Crippen molar-refractivity contribution in [3.05, 3.63) is 35.9 Å². The van der Waals surface area contributed by atoms with E-state index in [1.54, 1.807) is 18.2 Å². The first-order valence-corrected chi connectivity index (χ1v) is 14.7. The van der Waals surface area contributed by atoms with Crippen LogP contribution in [0.5, 0.6) is 0 Å².